The minimum Gasteiger partial charge on any atom is -0.459 e. The van der Waals surface area contributed by atoms with Gasteiger partial charge < -0.3 is 66.3 Å². The van der Waals surface area contributed by atoms with Crippen molar-refractivity contribution in [3.63, 3.8) is 0 Å². The van der Waals surface area contributed by atoms with Gasteiger partial charge in [-0.3, -0.25) is 33.6 Å². The van der Waals surface area contributed by atoms with Crippen LogP contribution in [0.25, 0.3) is 0 Å². The lowest BCUT2D eigenvalue weighted by Gasteiger charge is -2.45. The Hall–Kier alpha value is -3.99. The molecule has 3 unspecified atom stereocenters. The maximum atomic E-state index is 12.5. The van der Waals surface area contributed by atoms with Crippen LogP contribution in [0.4, 0.5) is 0 Å². The van der Waals surface area contributed by atoms with Crippen LogP contribution in [0.5, 0.6) is 0 Å². The monoisotopic (exact) mass is 1610 g/mol. The van der Waals surface area contributed by atoms with Crippen molar-refractivity contribution < 1.29 is 99.9 Å². The quantitative estimate of drug-likeness (QED) is 0.0576. The largest absolute Gasteiger partial charge is 0.459 e. The number of carbonyl (C=O) groups excluding carboxylic acids is 7. The second kappa shape index (κ2) is 50.2. The minimum absolute atomic E-state index is 0.00142. The van der Waals surface area contributed by atoms with Crippen molar-refractivity contribution in [3.05, 3.63) is 0 Å². The molecule has 0 aromatic heterocycles. The highest BCUT2D eigenvalue weighted by Crippen LogP contribution is 2.44. The van der Waals surface area contributed by atoms with E-state index in [9.17, 15) is 33.6 Å². The van der Waals surface area contributed by atoms with Crippen molar-refractivity contribution >= 4 is 41.8 Å². The van der Waals surface area contributed by atoms with E-state index in [0.717, 1.165) is 161 Å². The fraction of sp³-hybridized carbons (Fsp3) is 0.924. The van der Waals surface area contributed by atoms with E-state index < -0.39 is 0 Å². The van der Waals surface area contributed by atoms with Gasteiger partial charge in [0, 0.05) is 89.9 Å². The third-order valence-corrected chi connectivity index (χ3v) is 26.7. The molecule has 113 heavy (non-hydrogen) atoms. The molecular formula is C92H168O21. The molecule has 7 heterocycles. The maximum Gasteiger partial charge on any atom is 0.312 e. The summed E-state index contributed by atoms with van der Waals surface area (Å²) >= 11 is 0. The fourth-order valence-corrected chi connectivity index (χ4v) is 13.7. The highest BCUT2D eigenvalue weighted by atomic mass is 16.6. The molecule has 0 aromatic rings. The zero-order chi connectivity index (χ0) is 85.6. The molecule has 8 rings (SSSR count). The van der Waals surface area contributed by atoms with Crippen molar-refractivity contribution in [2.45, 2.75) is 399 Å². The summed E-state index contributed by atoms with van der Waals surface area (Å²) in [5.41, 5.74) is -3.51. The van der Waals surface area contributed by atoms with Crippen LogP contribution in [0.15, 0.2) is 0 Å². The Kier molecular flexibility index (Phi) is 46.7. The van der Waals surface area contributed by atoms with E-state index in [2.05, 4.69) is 48.5 Å². The topological polar surface area (TPSA) is 249 Å². The molecule has 7 aliphatic heterocycles. The molecular weight excluding hydrogens is 1440 g/mol. The molecule has 0 aromatic carbocycles. The Morgan fingerprint density at radius 2 is 0.566 bits per heavy atom. The molecule has 0 N–H and O–H groups in total. The number of esters is 7. The third-order valence-electron chi connectivity index (χ3n) is 26.7. The van der Waals surface area contributed by atoms with Crippen molar-refractivity contribution in [2.24, 2.45) is 57.2 Å². The first-order valence-electron chi connectivity index (χ1n) is 44.6. The Morgan fingerprint density at radius 3 is 0.885 bits per heavy atom. The predicted molar refractivity (Wildman–Crippen MR) is 445 cm³/mol. The van der Waals surface area contributed by atoms with Gasteiger partial charge in [0.2, 0.25) is 0 Å². The van der Waals surface area contributed by atoms with E-state index in [-0.39, 0.29) is 120 Å². The molecule has 0 spiro atoms. The Bertz CT molecular complexity index is 2700. The van der Waals surface area contributed by atoms with E-state index in [1.807, 2.05) is 132 Å². The summed E-state index contributed by atoms with van der Waals surface area (Å²) in [6.07, 6.45) is 25.4. The summed E-state index contributed by atoms with van der Waals surface area (Å²) in [6.45, 7) is 62.0. The van der Waals surface area contributed by atoms with E-state index in [1.54, 1.807) is 0 Å². The van der Waals surface area contributed by atoms with Crippen molar-refractivity contribution in [2.75, 3.05) is 92.5 Å². The van der Waals surface area contributed by atoms with Crippen molar-refractivity contribution in [1.29, 1.82) is 0 Å². The smallest absolute Gasteiger partial charge is 0.312 e. The molecule has 0 amide bonds. The van der Waals surface area contributed by atoms with Crippen LogP contribution in [0.1, 0.15) is 360 Å². The normalized spacial score (nSPS) is 21.9. The predicted octanol–water partition coefficient (Wildman–Crippen LogP) is 20.2. The molecule has 0 radical (unpaired) electrons. The molecule has 7 saturated heterocycles. The average molecular weight is 1610 g/mol. The third kappa shape index (κ3) is 34.7. The van der Waals surface area contributed by atoms with Crippen molar-refractivity contribution in [3.8, 4) is 0 Å². The first-order valence-corrected chi connectivity index (χ1v) is 44.6. The van der Waals surface area contributed by atoms with Gasteiger partial charge in [0.1, 0.15) is 39.2 Å². The zero-order valence-electron chi connectivity index (χ0n) is 76.7. The van der Waals surface area contributed by atoms with Gasteiger partial charge in [-0.1, -0.05) is 130 Å². The maximum absolute atomic E-state index is 12.5. The lowest BCUT2D eigenvalue weighted by Crippen LogP contribution is -2.49. The number of ether oxygens (including phenoxy) is 14. The molecule has 21 heteroatoms. The SMILES string of the molecule is CCC(C)(C)C(=O)OC1(C(C)C)CCOCC1.CCC(C)(C)C(=O)OC1(C)CCOCC1.CCC(C)(C)C(=O)OC1(C2CCCCC2)CCOCC1.CCC(C)C(=O)OC1(C(C)C)CCOCC1.CCC(C)C(=O)OC1(C)CCOCC1.CCC(C)C(=O)OC1(CC)CCOCC1.CCC1(OC(=O)C(C)(C)CC)CCOCC1. The Morgan fingerprint density at radius 1 is 0.310 bits per heavy atom. The van der Waals surface area contributed by atoms with Gasteiger partial charge >= 0.3 is 41.8 Å². The summed E-state index contributed by atoms with van der Waals surface area (Å²) < 4.78 is 77.7. The lowest BCUT2D eigenvalue weighted by molar-refractivity contribution is -0.192. The van der Waals surface area contributed by atoms with Crippen LogP contribution in [-0.4, -0.2) is 173 Å². The van der Waals surface area contributed by atoms with Crippen LogP contribution < -0.4 is 0 Å². The molecule has 1 saturated carbocycles. The van der Waals surface area contributed by atoms with Crippen LogP contribution in [-0.2, 0) is 99.9 Å². The molecule has 1 aliphatic carbocycles. The minimum atomic E-state index is -0.389. The van der Waals surface area contributed by atoms with E-state index in [1.165, 1.54) is 32.1 Å². The molecule has 662 valence electrons. The number of carbonyl (C=O) groups is 7. The molecule has 21 nitrogen and oxygen atoms in total. The summed E-state index contributed by atoms with van der Waals surface area (Å²) in [4.78, 5) is 83.9. The second-order valence-corrected chi connectivity index (χ2v) is 37.3. The van der Waals surface area contributed by atoms with Gasteiger partial charge in [-0.2, -0.15) is 0 Å². The summed E-state index contributed by atoms with van der Waals surface area (Å²) in [6, 6.07) is 0. The average Bonchev–Trinajstić information content (AvgIpc) is 0.815. The summed E-state index contributed by atoms with van der Waals surface area (Å²) in [5.74, 6) is 0.807. The Balaban J connectivity index is 0.000000449. The molecule has 8 aliphatic rings. The van der Waals surface area contributed by atoms with Gasteiger partial charge in [0.15, 0.2) is 0 Å². The second-order valence-electron chi connectivity index (χ2n) is 37.3. The zero-order valence-corrected chi connectivity index (χ0v) is 76.7. The van der Waals surface area contributed by atoms with E-state index >= 15 is 0 Å². The fourth-order valence-electron chi connectivity index (χ4n) is 13.7. The van der Waals surface area contributed by atoms with Crippen molar-refractivity contribution in [1.82, 2.24) is 0 Å². The highest BCUT2D eigenvalue weighted by molar-refractivity contribution is 5.78. The van der Waals surface area contributed by atoms with Gasteiger partial charge in [-0.25, -0.2) is 0 Å². The van der Waals surface area contributed by atoms with Gasteiger partial charge in [0.05, 0.1) is 132 Å². The first kappa shape index (κ1) is 105. The van der Waals surface area contributed by atoms with Crippen LogP contribution in [0, 0.1) is 57.2 Å². The summed E-state index contributed by atoms with van der Waals surface area (Å²) in [7, 11) is 0. The van der Waals surface area contributed by atoms with Gasteiger partial charge in [0.25, 0.3) is 0 Å². The van der Waals surface area contributed by atoms with Gasteiger partial charge in [-0.15, -0.1) is 0 Å². The molecule has 0 bridgehead atoms. The standard InChI is InChI=1S/C17H30O3.C14H26O3.2C13H24O3.2C12H22O3.C11H20O3/c1-4-16(2,3)15(18)20-17(10-12-19-13-11-17)14-8-6-5-7-9-14;1-6-13(4,5)12(15)17-14(11(2)3)7-9-16-10-8-14;1-5-11(4)12(14)16-13(10(2)3)6-8-15-9-7-13;1-5-12(3,4)11(14)16-13(6-2)7-9-15-10-8-13;1-5-11(2,3)10(13)15-12(4)6-8-14-9-7-12;1-4-10(3)11(13)15-12(5-2)6-8-14-9-7-12;1-4-9(2)10(12)14-11(3)5-7-13-8-6-11/h14H,4-13H2,1-3H3;11H,6-10H2,1-5H3;10-11H,5-9H2,1-4H3;5-10H2,1-4H3;5-9H2,1-4H3;10H,4-9H2,1-3H3;9H,4-8H2,1-3H3. The summed E-state index contributed by atoms with van der Waals surface area (Å²) in [5, 5.41) is 0. The highest BCUT2D eigenvalue weighted by Gasteiger charge is 2.48. The van der Waals surface area contributed by atoms with E-state index in [0.29, 0.717) is 97.0 Å². The first-order chi connectivity index (χ1) is 52.9. The van der Waals surface area contributed by atoms with Gasteiger partial charge in [-0.05, 0) is 158 Å². The number of hydrogen-bond acceptors (Lipinski definition) is 21. The Labute approximate surface area is 687 Å². The lowest BCUT2D eigenvalue weighted by atomic mass is 9.72. The van der Waals surface area contributed by atoms with Crippen LogP contribution >= 0.6 is 0 Å². The van der Waals surface area contributed by atoms with Crippen LogP contribution in [0.2, 0.25) is 0 Å². The van der Waals surface area contributed by atoms with Crippen LogP contribution in [0.3, 0.4) is 0 Å². The molecule has 8 fully saturated rings. The number of hydrogen-bond donors (Lipinski definition) is 0. The molecule has 3 atom stereocenters. The number of rotatable bonds is 26. The van der Waals surface area contributed by atoms with E-state index in [4.69, 9.17) is 66.3 Å².